The lowest BCUT2D eigenvalue weighted by Crippen LogP contribution is -2.38. The maximum absolute atomic E-state index is 5.54. The van der Waals surface area contributed by atoms with Crippen LogP contribution in [0.2, 0.25) is 0 Å². The van der Waals surface area contributed by atoms with Gasteiger partial charge in [0, 0.05) is 26.3 Å². The second-order valence-electron chi connectivity index (χ2n) is 5.46. The Bertz CT molecular complexity index is 228. The van der Waals surface area contributed by atoms with Crippen LogP contribution < -0.4 is 5.32 Å². The summed E-state index contributed by atoms with van der Waals surface area (Å²) in [5.74, 6) is 0. The van der Waals surface area contributed by atoms with Crippen molar-refractivity contribution >= 4 is 0 Å². The van der Waals surface area contributed by atoms with Crippen molar-refractivity contribution < 1.29 is 18.9 Å². The Balaban J connectivity index is 1.76. The first-order valence-electron chi connectivity index (χ1n) is 8.38. The lowest BCUT2D eigenvalue weighted by Gasteiger charge is -2.19. The summed E-state index contributed by atoms with van der Waals surface area (Å²) in [5.41, 5.74) is 0. The van der Waals surface area contributed by atoms with Crippen LogP contribution in [0.25, 0.3) is 0 Å². The number of rotatable bonds is 14. The molecule has 1 aliphatic rings. The van der Waals surface area contributed by atoms with Crippen LogP contribution >= 0.6 is 0 Å². The highest BCUT2D eigenvalue weighted by molar-refractivity contribution is 4.83. The quantitative estimate of drug-likeness (QED) is 0.497. The van der Waals surface area contributed by atoms with E-state index in [9.17, 15) is 0 Å². The zero-order valence-electron chi connectivity index (χ0n) is 13.8. The number of hydrogen-bond acceptors (Lipinski definition) is 5. The molecule has 1 fully saturated rings. The van der Waals surface area contributed by atoms with Crippen LogP contribution in [0, 0.1) is 0 Å². The molecule has 1 rings (SSSR count). The fourth-order valence-electron chi connectivity index (χ4n) is 2.55. The molecule has 0 spiro atoms. The average molecular weight is 303 g/mol. The van der Waals surface area contributed by atoms with Crippen LogP contribution in [-0.4, -0.2) is 65.4 Å². The molecule has 0 radical (unpaired) electrons. The van der Waals surface area contributed by atoms with Gasteiger partial charge in [0.2, 0.25) is 0 Å². The van der Waals surface area contributed by atoms with Gasteiger partial charge in [-0.15, -0.1) is 0 Å². The molecule has 0 aromatic rings. The number of ether oxygens (including phenoxy) is 4. The summed E-state index contributed by atoms with van der Waals surface area (Å²) >= 11 is 0. The molecule has 1 N–H and O–H groups in total. The van der Waals surface area contributed by atoms with E-state index in [-0.39, 0.29) is 0 Å². The smallest absolute Gasteiger partial charge is 0.0724 e. The Morgan fingerprint density at radius 1 is 0.905 bits per heavy atom. The molecule has 0 aromatic carbocycles. The van der Waals surface area contributed by atoms with Crippen molar-refractivity contribution in [3.05, 3.63) is 0 Å². The Labute approximate surface area is 129 Å². The SMILES string of the molecule is CCCCOCCOCCOCCNC1CCCC1OC. The molecular weight excluding hydrogens is 270 g/mol. The topological polar surface area (TPSA) is 49.0 Å². The van der Waals surface area contributed by atoms with Crippen molar-refractivity contribution in [2.45, 2.75) is 51.2 Å². The first-order valence-corrected chi connectivity index (χ1v) is 8.38. The molecule has 1 aliphatic carbocycles. The van der Waals surface area contributed by atoms with Gasteiger partial charge in [-0.1, -0.05) is 13.3 Å². The summed E-state index contributed by atoms with van der Waals surface area (Å²) < 4.78 is 21.8. The third kappa shape index (κ3) is 9.42. The van der Waals surface area contributed by atoms with E-state index < -0.39 is 0 Å². The maximum atomic E-state index is 5.54. The van der Waals surface area contributed by atoms with Gasteiger partial charge in [-0.25, -0.2) is 0 Å². The summed E-state index contributed by atoms with van der Waals surface area (Å²) in [4.78, 5) is 0. The molecule has 5 nitrogen and oxygen atoms in total. The Hall–Kier alpha value is -0.200. The summed E-state index contributed by atoms with van der Waals surface area (Å²) in [5, 5.41) is 3.50. The third-order valence-electron chi connectivity index (χ3n) is 3.79. The Morgan fingerprint density at radius 2 is 1.57 bits per heavy atom. The van der Waals surface area contributed by atoms with Crippen molar-refractivity contribution in [3.8, 4) is 0 Å². The first-order chi connectivity index (χ1) is 10.4. The number of nitrogens with one attached hydrogen (secondary N) is 1. The maximum Gasteiger partial charge on any atom is 0.0724 e. The Morgan fingerprint density at radius 3 is 2.24 bits per heavy atom. The minimum absolute atomic E-state index is 0.376. The highest BCUT2D eigenvalue weighted by atomic mass is 16.5. The van der Waals surface area contributed by atoms with Gasteiger partial charge >= 0.3 is 0 Å². The molecule has 126 valence electrons. The highest BCUT2D eigenvalue weighted by Crippen LogP contribution is 2.21. The second kappa shape index (κ2) is 13.5. The molecule has 0 aromatic heterocycles. The lowest BCUT2D eigenvalue weighted by atomic mass is 10.2. The largest absolute Gasteiger partial charge is 0.380 e. The Kier molecular flexibility index (Phi) is 12.1. The molecule has 0 aliphatic heterocycles. The van der Waals surface area contributed by atoms with Gasteiger partial charge < -0.3 is 24.3 Å². The van der Waals surface area contributed by atoms with Crippen molar-refractivity contribution in [2.24, 2.45) is 0 Å². The lowest BCUT2D eigenvalue weighted by molar-refractivity contribution is 0.0134. The standard InChI is InChI=1S/C16H33NO4/c1-3-4-9-19-11-13-21-14-12-20-10-8-17-15-6-5-7-16(15)18-2/h15-17H,3-14H2,1-2H3. The molecule has 1 saturated carbocycles. The van der Waals surface area contributed by atoms with Crippen LogP contribution in [0.5, 0.6) is 0 Å². The molecule has 0 amide bonds. The zero-order valence-corrected chi connectivity index (χ0v) is 13.8. The van der Waals surface area contributed by atoms with Crippen LogP contribution in [0.1, 0.15) is 39.0 Å². The van der Waals surface area contributed by atoms with Gasteiger partial charge in [0.15, 0.2) is 0 Å². The molecule has 0 saturated heterocycles. The van der Waals surface area contributed by atoms with E-state index in [2.05, 4.69) is 12.2 Å². The minimum atomic E-state index is 0.376. The highest BCUT2D eigenvalue weighted by Gasteiger charge is 2.25. The van der Waals surface area contributed by atoms with E-state index in [1.54, 1.807) is 7.11 Å². The molecule has 21 heavy (non-hydrogen) atoms. The van der Waals surface area contributed by atoms with Gasteiger partial charge in [0.1, 0.15) is 0 Å². The molecule has 2 atom stereocenters. The number of unbranched alkanes of at least 4 members (excludes halogenated alkanes) is 1. The molecule has 0 bridgehead atoms. The van der Waals surface area contributed by atoms with Gasteiger partial charge in [-0.3, -0.25) is 0 Å². The van der Waals surface area contributed by atoms with E-state index in [4.69, 9.17) is 18.9 Å². The van der Waals surface area contributed by atoms with Crippen molar-refractivity contribution in [2.75, 3.05) is 53.3 Å². The number of methoxy groups -OCH3 is 1. The van der Waals surface area contributed by atoms with Gasteiger partial charge in [-0.05, 0) is 25.7 Å². The molecule has 5 heteroatoms. The van der Waals surface area contributed by atoms with Crippen LogP contribution in [0.15, 0.2) is 0 Å². The second-order valence-corrected chi connectivity index (χ2v) is 5.46. The monoisotopic (exact) mass is 303 g/mol. The third-order valence-corrected chi connectivity index (χ3v) is 3.79. The fraction of sp³-hybridized carbons (Fsp3) is 1.00. The van der Waals surface area contributed by atoms with Crippen molar-refractivity contribution in [3.63, 3.8) is 0 Å². The fourth-order valence-corrected chi connectivity index (χ4v) is 2.55. The van der Waals surface area contributed by atoms with Crippen LogP contribution in [0.3, 0.4) is 0 Å². The normalized spacial score (nSPS) is 22.0. The van der Waals surface area contributed by atoms with Crippen molar-refractivity contribution in [1.29, 1.82) is 0 Å². The van der Waals surface area contributed by atoms with Crippen LogP contribution in [0.4, 0.5) is 0 Å². The van der Waals surface area contributed by atoms with Gasteiger partial charge in [0.05, 0.1) is 39.1 Å². The minimum Gasteiger partial charge on any atom is -0.380 e. The van der Waals surface area contributed by atoms with E-state index in [1.165, 1.54) is 25.7 Å². The van der Waals surface area contributed by atoms with E-state index >= 15 is 0 Å². The van der Waals surface area contributed by atoms with Crippen LogP contribution in [-0.2, 0) is 18.9 Å². The van der Waals surface area contributed by atoms with E-state index in [1.807, 2.05) is 0 Å². The molecular formula is C16H33NO4. The summed E-state index contributed by atoms with van der Waals surface area (Å²) in [6.07, 6.45) is 6.31. The van der Waals surface area contributed by atoms with Crippen molar-refractivity contribution in [1.82, 2.24) is 5.32 Å². The number of hydrogen-bond donors (Lipinski definition) is 1. The zero-order chi connectivity index (χ0) is 15.2. The van der Waals surface area contributed by atoms with E-state index in [0.29, 0.717) is 38.6 Å². The van der Waals surface area contributed by atoms with Gasteiger partial charge in [-0.2, -0.15) is 0 Å². The van der Waals surface area contributed by atoms with E-state index in [0.717, 1.165) is 26.2 Å². The summed E-state index contributed by atoms with van der Waals surface area (Å²) in [7, 11) is 1.80. The summed E-state index contributed by atoms with van der Waals surface area (Å²) in [6, 6.07) is 0.495. The molecule has 2 unspecified atom stereocenters. The molecule has 0 heterocycles. The average Bonchev–Trinajstić information content (AvgIpc) is 2.96. The predicted octanol–water partition coefficient (Wildman–Crippen LogP) is 1.99. The summed E-state index contributed by atoms with van der Waals surface area (Å²) in [6.45, 7) is 7.23. The van der Waals surface area contributed by atoms with Gasteiger partial charge in [0.25, 0.3) is 0 Å². The first kappa shape index (κ1) is 18.8. The predicted molar refractivity (Wildman–Crippen MR) is 83.8 cm³/mol.